The predicted molar refractivity (Wildman–Crippen MR) is 78.2 cm³/mol. The second-order valence-electron chi connectivity index (χ2n) is 4.86. The standard InChI is InChI=1S/C15H18N2O4/c1-9-11(10-5-3-4-6-12(10)16-9)7-14(18)17-13(8-21-2)15(19)20/h3-6,13,16H,7-8H2,1-2H3,(H,17,18)(H,19,20). The summed E-state index contributed by atoms with van der Waals surface area (Å²) in [6.07, 6.45) is 0.128. The number of hydrogen-bond acceptors (Lipinski definition) is 3. The molecular formula is C15H18N2O4. The van der Waals surface area contributed by atoms with E-state index < -0.39 is 12.0 Å². The van der Waals surface area contributed by atoms with Gasteiger partial charge in [0.15, 0.2) is 6.04 Å². The van der Waals surface area contributed by atoms with E-state index in [9.17, 15) is 9.59 Å². The van der Waals surface area contributed by atoms with Crippen molar-refractivity contribution in [3.8, 4) is 0 Å². The number of aromatic nitrogens is 1. The van der Waals surface area contributed by atoms with E-state index in [-0.39, 0.29) is 18.9 Å². The van der Waals surface area contributed by atoms with Gasteiger partial charge in [-0.3, -0.25) is 4.79 Å². The van der Waals surface area contributed by atoms with Gasteiger partial charge in [0.1, 0.15) is 0 Å². The third-order valence-corrected chi connectivity index (χ3v) is 3.33. The average molecular weight is 290 g/mol. The Hall–Kier alpha value is -2.34. The van der Waals surface area contributed by atoms with E-state index in [1.54, 1.807) is 0 Å². The van der Waals surface area contributed by atoms with Crippen LogP contribution in [0, 0.1) is 6.92 Å². The van der Waals surface area contributed by atoms with Crippen molar-refractivity contribution in [3.63, 3.8) is 0 Å². The number of carbonyl (C=O) groups is 2. The summed E-state index contributed by atoms with van der Waals surface area (Å²) in [5.41, 5.74) is 2.75. The Labute approximate surface area is 122 Å². The Morgan fingerprint density at radius 2 is 2.10 bits per heavy atom. The highest BCUT2D eigenvalue weighted by Crippen LogP contribution is 2.22. The number of H-pyrrole nitrogens is 1. The number of fused-ring (bicyclic) bond motifs is 1. The molecule has 1 unspecified atom stereocenters. The predicted octanol–water partition coefficient (Wildman–Crippen LogP) is 1.23. The fourth-order valence-corrected chi connectivity index (χ4v) is 2.31. The second kappa shape index (κ2) is 6.41. The molecule has 0 saturated carbocycles. The number of amides is 1. The van der Waals surface area contributed by atoms with Crippen molar-refractivity contribution >= 4 is 22.8 Å². The van der Waals surface area contributed by atoms with Gasteiger partial charge in [-0.2, -0.15) is 0 Å². The summed E-state index contributed by atoms with van der Waals surface area (Å²) < 4.78 is 4.79. The molecule has 1 amide bonds. The lowest BCUT2D eigenvalue weighted by Gasteiger charge is -2.13. The topological polar surface area (TPSA) is 91.4 Å². The molecule has 112 valence electrons. The number of carboxylic acid groups (broad SMARTS) is 1. The highest BCUT2D eigenvalue weighted by atomic mass is 16.5. The normalized spacial score (nSPS) is 12.3. The molecule has 0 saturated heterocycles. The molecule has 1 aromatic carbocycles. The van der Waals surface area contributed by atoms with Crippen molar-refractivity contribution in [2.45, 2.75) is 19.4 Å². The maximum absolute atomic E-state index is 12.1. The Kier molecular flexibility index (Phi) is 4.59. The SMILES string of the molecule is COCC(NC(=O)Cc1c(C)[nH]c2ccccc12)C(=O)O. The molecule has 0 aliphatic rings. The highest BCUT2D eigenvalue weighted by Gasteiger charge is 2.21. The van der Waals surface area contributed by atoms with Crippen LogP contribution in [0.3, 0.4) is 0 Å². The van der Waals surface area contributed by atoms with Gasteiger partial charge in [-0.05, 0) is 18.6 Å². The zero-order valence-corrected chi connectivity index (χ0v) is 12.0. The Morgan fingerprint density at radius 3 is 2.76 bits per heavy atom. The minimum atomic E-state index is -1.11. The van der Waals surface area contributed by atoms with Crippen molar-refractivity contribution in [1.29, 1.82) is 0 Å². The summed E-state index contributed by atoms with van der Waals surface area (Å²) in [4.78, 5) is 26.3. The molecule has 0 spiro atoms. The summed E-state index contributed by atoms with van der Waals surface area (Å²) in [5.74, 6) is -1.45. The second-order valence-corrected chi connectivity index (χ2v) is 4.86. The fraction of sp³-hybridized carbons (Fsp3) is 0.333. The molecule has 0 bridgehead atoms. The largest absolute Gasteiger partial charge is 0.480 e. The van der Waals surface area contributed by atoms with Crippen LogP contribution in [0.15, 0.2) is 24.3 Å². The molecule has 1 heterocycles. The molecule has 6 nitrogen and oxygen atoms in total. The number of aryl methyl sites for hydroxylation is 1. The van der Waals surface area contributed by atoms with Gasteiger partial charge < -0.3 is 20.1 Å². The number of carboxylic acids is 1. The zero-order chi connectivity index (χ0) is 15.4. The van der Waals surface area contributed by atoms with Crippen molar-refractivity contribution in [3.05, 3.63) is 35.5 Å². The van der Waals surface area contributed by atoms with Gasteiger partial charge in [-0.1, -0.05) is 18.2 Å². The molecule has 0 aliphatic carbocycles. The number of rotatable bonds is 6. The van der Waals surface area contributed by atoms with Gasteiger partial charge in [-0.25, -0.2) is 4.79 Å². The lowest BCUT2D eigenvalue weighted by Crippen LogP contribution is -2.44. The van der Waals surface area contributed by atoms with E-state index in [0.29, 0.717) is 0 Å². The minimum Gasteiger partial charge on any atom is -0.480 e. The van der Waals surface area contributed by atoms with E-state index in [4.69, 9.17) is 9.84 Å². The van der Waals surface area contributed by atoms with Crippen LogP contribution in [0.1, 0.15) is 11.3 Å². The van der Waals surface area contributed by atoms with Crippen LogP contribution in [-0.4, -0.2) is 41.7 Å². The summed E-state index contributed by atoms with van der Waals surface area (Å²) in [5, 5.41) is 12.5. The summed E-state index contributed by atoms with van der Waals surface area (Å²) in [7, 11) is 1.39. The summed E-state index contributed by atoms with van der Waals surface area (Å²) >= 11 is 0. The van der Waals surface area contributed by atoms with E-state index >= 15 is 0 Å². The molecule has 0 aliphatic heterocycles. The third-order valence-electron chi connectivity index (χ3n) is 3.33. The molecule has 0 fully saturated rings. The lowest BCUT2D eigenvalue weighted by atomic mass is 10.1. The van der Waals surface area contributed by atoms with Crippen LogP contribution in [0.4, 0.5) is 0 Å². The highest BCUT2D eigenvalue weighted by molar-refractivity contribution is 5.91. The molecule has 1 atom stereocenters. The number of carbonyl (C=O) groups excluding carboxylic acids is 1. The van der Waals surface area contributed by atoms with Crippen LogP contribution < -0.4 is 5.32 Å². The van der Waals surface area contributed by atoms with Crippen LogP contribution >= 0.6 is 0 Å². The average Bonchev–Trinajstić information content (AvgIpc) is 2.75. The first-order chi connectivity index (χ1) is 10.0. The van der Waals surface area contributed by atoms with Gasteiger partial charge >= 0.3 is 5.97 Å². The van der Waals surface area contributed by atoms with Crippen LogP contribution in [0.2, 0.25) is 0 Å². The Balaban J connectivity index is 2.14. The van der Waals surface area contributed by atoms with Crippen molar-refractivity contribution in [2.24, 2.45) is 0 Å². The molecule has 6 heteroatoms. The van der Waals surface area contributed by atoms with E-state index in [1.165, 1.54) is 7.11 Å². The monoisotopic (exact) mass is 290 g/mol. The molecule has 2 aromatic rings. The van der Waals surface area contributed by atoms with Gasteiger partial charge in [-0.15, -0.1) is 0 Å². The molecule has 3 N–H and O–H groups in total. The molecule has 1 aromatic heterocycles. The number of benzene rings is 1. The van der Waals surface area contributed by atoms with Gasteiger partial charge in [0.05, 0.1) is 13.0 Å². The maximum Gasteiger partial charge on any atom is 0.328 e. The Bertz CT molecular complexity index is 663. The summed E-state index contributed by atoms with van der Waals surface area (Å²) in [6.45, 7) is 1.83. The van der Waals surface area contributed by atoms with Crippen molar-refractivity contribution in [1.82, 2.24) is 10.3 Å². The van der Waals surface area contributed by atoms with E-state index in [2.05, 4.69) is 10.3 Å². The first kappa shape index (κ1) is 15.1. The third kappa shape index (κ3) is 3.41. The molecule has 0 radical (unpaired) electrons. The number of nitrogens with one attached hydrogen (secondary N) is 2. The van der Waals surface area contributed by atoms with Crippen LogP contribution in [-0.2, 0) is 20.7 Å². The van der Waals surface area contributed by atoms with Gasteiger partial charge in [0, 0.05) is 23.7 Å². The number of ether oxygens (including phenoxy) is 1. The molecular weight excluding hydrogens is 272 g/mol. The number of para-hydroxylation sites is 1. The smallest absolute Gasteiger partial charge is 0.328 e. The quantitative estimate of drug-likeness (QED) is 0.746. The lowest BCUT2D eigenvalue weighted by molar-refractivity contribution is -0.143. The first-order valence-corrected chi connectivity index (χ1v) is 6.60. The minimum absolute atomic E-state index is 0.0616. The van der Waals surface area contributed by atoms with Crippen molar-refractivity contribution in [2.75, 3.05) is 13.7 Å². The fourth-order valence-electron chi connectivity index (χ4n) is 2.31. The van der Waals surface area contributed by atoms with E-state index in [0.717, 1.165) is 22.2 Å². The Morgan fingerprint density at radius 1 is 1.38 bits per heavy atom. The summed E-state index contributed by atoms with van der Waals surface area (Å²) in [6, 6.07) is 6.66. The van der Waals surface area contributed by atoms with Gasteiger partial charge in [0.2, 0.25) is 5.91 Å². The number of hydrogen-bond donors (Lipinski definition) is 3. The number of aromatic amines is 1. The molecule has 21 heavy (non-hydrogen) atoms. The number of methoxy groups -OCH3 is 1. The molecule has 2 rings (SSSR count). The van der Waals surface area contributed by atoms with Crippen molar-refractivity contribution < 1.29 is 19.4 Å². The number of aliphatic carboxylic acids is 1. The first-order valence-electron chi connectivity index (χ1n) is 6.60. The zero-order valence-electron chi connectivity index (χ0n) is 12.0. The van der Waals surface area contributed by atoms with Crippen LogP contribution in [0.25, 0.3) is 10.9 Å². The van der Waals surface area contributed by atoms with E-state index in [1.807, 2.05) is 31.2 Å². The van der Waals surface area contributed by atoms with Gasteiger partial charge in [0.25, 0.3) is 0 Å². The van der Waals surface area contributed by atoms with Crippen LogP contribution in [0.5, 0.6) is 0 Å². The maximum atomic E-state index is 12.1.